The summed E-state index contributed by atoms with van der Waals surface area (Å²) in [6.07, 6.45) is 1.60. The number of rotatable bonds is 4. The van der Waals surface area contributed by atoms with Crippen molar-refractivity contribution in [3.05, 3.63) is 47.6 Å². The molecule has 1 aliphatic rings. The molecule has 1 aromatic carbocycles. The highest BCUT2D eigenvalue weighted by atomic mass is 32.2. The number of benzene rings is 1. The smallest absolute Gasteiger partial charge is 0.236 e. The molecule has 3 rings (SSSR count). The van der Waals surface area contributed by atoms with Crippen LogP contribution in [0.1, 0.15) is 5.56 Å². The average Bonchev–Trinajstić information content (AvgIpc) is 3.00. The Morgan fingerprint density at radius 3 is 2.87 bits per heavy atom. The number of hydrogen-bond donors (Lipinski definition) is 2. The van der Waals surface area contributed by atoms with Crippen LogP contribution in [0, 0.1) is 0 Å². The van der Waals surface area contributed by atoms with Gasteiger partial charge in [0.15, 0.2) is 10.3 Å². The maximum Gasteiger partial charge on any atom is 0.236 e. The zero-order valence-electron chi connectivity index (χ0n) is 12.3. The van der Waals surface area contributed by atoms with Crippen LogP contribution in [0.2, 0.25) is 0 Å². The first kappa shape index (κ1) is 15.6. The van der Waals surface area contributed by atoms with Crippen LogP contribution in [0.25, 0.3) is 5.70 Å². The summed E-state index contributed by atoms with van der Waals surface area (Å²) < 4.78 is 1.77. The molecule has 1 aliphatic heterocycles. The van der Waals surface area contributed by atoms with E-state index in [1.807, 2.05) is 42.8 Å². The number of amides is 1. The Labute approximate surface area is 141 Å². The summed E-state index contributed by atoms with van der Waals surface area (Å²) in [6, 6.07) is 9.89. The number of thioether (sulfide) groups is 2. The second-order valence-electron chi connectivity index (χ2n) is 4.61. The zero-order chi connectivity index (χ0) is 16.1. The quantitative estimate of drug-likeness (QED) is 0.819. The van der Waals surface area contributed by atoms with Crippen LogP contribution in [0.5, 0.6) is 0 Å². The standard InChI is InChI=1S/C14H14N6OS2/c1-20-9-15-19-14(20)23-8-12(21)16-13-18-17-11(7-22-13)10-5-3-2-4-6-10/h2-7,9,17H,8H2,1H3,(H,16,18,21). The van der Waals surface area contributed by atoms with Crippen molar-refractivity contribution in [3.63, 3.8) is 0 Å². The number of hydrogen-bond acceptors (Lipinski definition) is 7. The molecule has 1 amide bonds. The highest BCUT2D eigenvalue weighted by Gasteiger charge is 2.13. The largest absolute Gasteiger partial charge is 0.312 e. The first-order chi connectivity index (χ1) is 11.2. The van der Waals surface area contributed by atoms with E-state index in [1.165, 1.54) is 23.5 Å². The molecule has 0 unspecified atom stereocenters. The molecule has 0 radical (unpaired) electrons. The minimum Gasteiger partial charge on any atom is -0.312 e. The van der Waals surface area contributed by atoms with Crippen LogP contribution >= 0.6 is 23.5 Å². The average molecular weight is 346 g/mol. The van der Waals surface area contributed by atoms with Crippen molar-refractivity contribution in [1.29, 1.82) is 0 Å². The molecule has 0 bridgehead atoms. The molecule has 118 valence electrons. The Morgan fingerprint density at radius 2 is 2.22 bits per heavy atom. The van der Waals surface area contributed by atoms with Crippen LogP contribution in [0.3, 0.4) is 0 Å². The second kappa shape index (κ2) is 7.34. The van der Waals surface area contributed by atoms with Gasteiger partial charge in [0, 0.05) is 18.0 Å². The number of nitrogens with zero attached hydrogens (tertiary/aromatic N) is 4. The van der Waals surface area contributed by atoms with Crippen molar-refractivity contribution >= 4 is 40.3 Å². The lowest BCUT2D eigenvalue weighted by molar-refractivity contribution is -0.117. The fourth-order valence-electron chi connectivity index (χ4n) is 1.77. The van der Waals surface area contributed by atoms with Crippen LogP contribution in [0.4, 0.5) is 0 Å². The molecule has 0 aliphatic carbocycles. The van der Waals surface area contributed by atoms with Gasteiger partial charge in [-0.15, -0.1) is 15.3 Å². The van der Waals surface area contributed by atoms with Crippen molar-refractivity contribution in [2.75, 3.05) is 5.75 Å². The summed E-state index contributed by atoms with van der Waals surface area (Å²) in [5.41, 5.74) is 4.90. The molecular formula is C14H14N6OS2. The van der Waals surface area contributed by atoms with Gasteiger partial charge in [0.2, 0.25) is 5.91 Å². The molecule has 2 N–H and O–H groups in total. The number of hydrazone groups is 1. The Kier molecular flexibility index (Phi) is 4.99. The Bertz CT molecular complexity index is 756. The minimum absolute atomic E-state index is 0.136. The molecule has 9 heteroatoms. The van der Waals surface area contributed by atoms with Gasteiger partial charge in [0.05, 0.1) is 11.4 Å². The number of carbonyl (C=O) groups is 1. The van der Waals surface area contributed by atoms with E-state index in [2.05, 4.69) is 26.0 Å². The third kappa shape index (κ3) is 4.14. The molecule has 0 saturated heterocycles. The summed E-state index contributed by atoms with van der Waals surface area (Å²) in [6.45, 7) is 0. The zero-order valence-corrected chi connectivity index (χ0v) is 13.9. The fourth-order valence-corrected chi connectivity index (χ4v) is 3.15. The molecule has 0 spiro atoms. The van der Waals surface area contributed by atoms with Crippen LogP contribution in [-0.4, -0.2) is 31.6 Å². The van der Waals surface area contributed by atoms with E-state index in [1.54, 1.807) is 10.9 Å². The van der Waals surface area contributed by atoms with Crippen LogP contribution in [0.15, 0.2) is 52.3 Å². The lowest BCUT2D eigenvalue weighted by atomic mass is 10.2. The van der Waals surface area contributed by atoms with Gasteiger partial charge < -0.3 is 9.88 Å². The summed E-state index contributed by atoms with van der Waals surface area (Å²) in [4.78, 5) is 11.9. The van der Waals surface area contributed by atoms with Gasteiger partial charge in [-0.3, -0.25) is 10.2 Å². The second-order valence-corrected chi connectivity index (χ2v) is 6.41. The van der Waals surface area contributed by atoms with Gasteiger partial charge >= 0.3 is 0 Å². The number of amidine groups is 1. The predicted molar refractivity (Wildman–Crippen MR) is 92.5 cm³/mol. The Balaban J connectivity index is 1.49. The molecule has 0 atom stereocenters. The Hall–Kier alpha value is -2.26. The topological polar surface area (TPSA) is 84.2 Å². The van der Waals surface area contributed by atoms with E-state index in [-0.39, 0.29) is 11.7 Å². The van der Waals surface area contributed by atoms with E-state index in [0.717, 1.165) is 11.3 Å². The van der Waals surface area contributed by atoms with Gasteiger partial charge in [0.1, 0.15) is 6.33 Å². The van der Waals surface area contributed by atoms with Crippen molar-refractivity contribution in [2.45, 2.75) is 5.16 Å². The SMILES string of the molecule is Cn1cnnc1SCC(=O)NC1=NNC(c2ccccc2)=CS1. The summed E-state index contributed by atoms with van der Waals surface area (Å²) in [5, 5.41) is 17.8. The van der Waals surface area contributed by atoms with E-state index in [4.69, 9.17) is 0 Å². The molecule has 23 heavy (non-hydrogen) atoms. The highest BCUT2D eigenvalue weighted by molar-refractivity contribution is 8.16. The molecular weight excluding hydrogens is 332 g/mol. The minimum atomic E-state index is -0.136. The Morgan fingerprint density at radius 1 is 1.39 bits per heavy atom. The third-order valence-electron chi connectivity index (χ3n) is 2.90. The van der Waals surface area contributed by atoms with Crippen LogP contribution in [-0.2, 0) is 11.8 Å². The van der Waals surface area contributed by atoms with Gasteiger partial charge in [-0.05, 0) is 0 Å². The van der Waals surface area contributed by atoms with E-state index in [9.17, 15) is 4.79 Å². The summed E-state index contributed by atoms with van der Waals surface area (Å²) in [5.74, 6) is 0.115. The van der Waals surface area contributed by atoms with Gasteiger partial charge in [-0.1, -0.05) is 53.9 Å². The van der Waals surface area contributed by atoms with Crippen molar-refractivity contribution < 1.29 is 4.79 Å². The molecule has 7 nitrogen and oxygen atoms in total. The van der Waals surface area contributed by atoms with Crippen molar-refractivity contribution in [1.82, 2.24) is 25.5 Å². The normalized spacial score (nSPS) is 13.8. The van der Waals surface area contributed by atoms with Gasteiger partial charge in [0.25, 0.3) is 0 Å². The number of aromatic nitrogens is 3. The lowest BCUT2D eigenvalue weighted by Crippen LogP contribution is -2.32. The highest BCUT2D eigenvalue weighted by Crippen LogP contribution is 2.20. The van der Waals surface area contributed by atoms with Crippen molar-refractivity contribution in [2.24, 2.45) is 12.1 Å². The maximum absolute atomic E-state index is 11.9. The van der Waals surface area contributed by atoms with Crippen molar-refractivity contribution in [3.8, 4) is 0 Å². The third-order valence-corrected chi connectivity index (χ3v) is 4.70. The molecule has 2 aromatic rings. The molecule has 1 aromatic heterocycles. The molecule has 2 heterocycles. The van der Waals surface area contributed by atoms with E-state index in [0.29, 0.717) is 10.3 Å². The number of nitrogens with one attached hydrogen (secondary N) is 2. The van der Waals surface area contributed by atoms with E-state index < -0.39 is 0 Å². The summed E-state index contributed by atoms with van der Waals surface area (Å²) in [7, 11) is 1.83. The van der Waals surface area contributed by atoms with Crippen LogP contribution < -0.4 is 10.7 Å². The number of aryl methyl sites for hydroxylation is 1. The lowest BCUT2D eigenvalue weighted by Gasteiger charge is -2.14. The predicted octanol–water partition coefficient (Wildman–Crippen LogP) is 1.63. The maximum atomic E-state index is 11.9. The van der Waals surface area contributed by atoms with Gasteiger partial charge in [-0.25, -0.2) is 0 Å². The van der Waals surface area contributed by atoms with Gasteiger partial charge in [-0.2, -0.15) is 0 Å². The van der Waals surface area contributed by atoms with E-state index >= 15 is 0 Å². The molecule has 0 fully saturated rings. The monoisotopic (exact) mass is 346 g/mol. The molecule has 0 saturated carbocycles. The fraction of sp³-hybridized carbons (Fsp3) is 0.143. The first-order valence-electron chi connectivity index (χ1n) is 6.75. The number of carbonyl (C=O) groups excluding carboxylic acids is 1. The summed E-state index contributed by atoms with van der Waals surface area (Å²) >= 11 is 2.70. The first-order valence-corrected chi connectivity index (χ1v) is 8.61.